The molecule has 0 radical (unpaired) electrons. The van der Waals surface area contributed by atoms with Crippen LogP contribution in [0.3, 0.4) is 0 Å². The molecule has 17 heavy (non-hydrogen) atoms. The van der Waals surface area contributed by atoms with Crippen molar-refractivity contribution in [2.75, 3.05) is 20.3 Å². The lowest BCUT2D eigenvalue weighted by molar-refractivity contribution is 0.00728. The van der Waals surface area contributed by atoms with Gasteiger partial charge in [-0.05, 0) is 37.6 Å². The summed E-state index contributed by atoms with van der Waals surface area (Å²) in [5, 5.41) is 3.00. The van der Waals surface area contributed by atoms with E-state index in [0.717, 1.165) is 25.0 Å². The first-order valence-corrected chi connectivity index (χ1v) is 5.96. The Labute approximate surface area is 101 Å². The van der Waals surface area contributed by atoms with E-state index >= 15 is 0 Å². The fourth-order valence-corrected chi connectivity index (χ4v) is 1.99. The van der Waals surface area contributed by atoms with Crippen LogP contribution >= 0.6 is 0 Å². The smallest absolute Gasteiger partial charge is 0.127 e. The average Bonchev–Trinajstić information content (AvgIpc) is 2.30. The van der Waals surface area contributed by atoms with Crippen LogP contribution in [0.4, 0.5) is 4.39 Å². The highest BCUT2D eigenvalue weighted by molar-refractivity contribution is 5.29. The molecule has 1 N–H and O–H groups in total. The molecule has 4 heteroatoms. The summed E-state index contributed by atoms with van der Waals surface area (Å²) in [6.45, 7) is 2.03. The van der Waals surface area contributed by atoms with Crippen LogP contribution in [0.15, 0.2) is 18.2 Å². The fourth-order valence-electron chi connectivity index (χ4n) is 1.99. The zero-order valence-corrected chi connectivity index (χ0v) is 10.0. The van der Waals surface area contributed by atoms with Gasteiger partial charge in [-0.1, -0.05) is 0 Å². The zero-order valence-electron chi connectivity index (χ0n) is 10.0. The van der Waals surface area contributed by atoms with Gasteiger partial charge >= 0.3 is 0 Å². The molecule has 0 amide bonds. The second-order valence-corrected chi connectivity index (χ2v) is 4.28. The SMILES string of the molecule is CNCc1cc(F)cc(OC2CCCOC2)c1. The van der Waals surface area contributed by atoms with Crippen molar-refractivity contribution in [2.24, 2.45) is 0 Å². The molecule has 1 saturated heterocycles. The van der Waals surface area contributed by atoms with Crippen molar-refractivity contribution in [1.29, 1.82) is 0 Å². The maximum absolute atomic E-state index is 13.4. The minimum absolute atomic E-state index is 0.0491. The first kappa shape index (κ1) is 12.3. The maximum Gasteiger partial charge on any atom is 0.127 e. The Morgan fingerprint density at radius 3 is 3.06 bits per heavy atom. The zero-order chi connectivity index (χ0) is 12.1. The lowest BCUT2D eigenvalue weighted by Gasteiger charge is -2.23. The van der Waals surface area contributed by atoms with Crippen molar-refractivity contribution in [3.8, 4) is 5.75 Å². The van der Waals surface area contributed by atoms with E-state index in [0.29, 0.717) is 18.9 Å². The quantitative estimate of drug-likeness (QED) is 0.873. The molecule has 1 atom stereocenters. The third-order valence-corrected chi connectivity index (χ3v) is 2.73. The molecule has 1 aromatic carbocycles. The van der Waals surface area contributed by atoms with Gasteiger partial charge in [0.2, 0.25) is 0 Å². The molecule has 0 aliphatic carbocycles. The van der Waals surface area contributed by atoms with Crippen LogP contribution < -0.4 is 10.1 Å². The standard InChI is InChI=1S/C13H18FNO2/c1-15-8-10-5-11(14)7-13(6-10)17-12-3-2-4-16-9-12/h5-7,12,15H,2-4,8-9H2,1H3. The fraction of sp³-hybridized carbons (Fsp3) is 0.538. The Bertz CT molecular complexity index is 364. The first-order valence-electron chi connectivity index (χ1n) is 5.96. The lowest BCUT2D eigenvalue weighted by Crippen LogP contribution is -2.28. The van der Waals surface area contributed by atoms with Gasteiger partial charge in [-0.25, -0.2) is 4.39 Å². The van der Waals surface area contributed by atoms with Crippen LogP contribution in [0.25, 0.3) is 0 Å². The Morgan fingerprint density at radius 2 is 2.35 bits per heavy atom. The van der Waals surface area contributed by atoms with Gasteiger partial charge in [-0.3, -0.25) is 0 Å². The molecule has 3 nitrogen and oxygen atoms in total. The second kappa shape index (κ2) is 5.98. The number of hydrogen-bond acceptors (Lipinski definition) is 3. The molecular formula is C13H18FNO2. The summed E-state index contributed by atoms with van der Waals surface area (Å²) in [6, 6.07) is 4.81. The molecule has 2 rings (SSSR count). The van der Waals surface area contributed by atoms with Gasteiger partial charge in [0.25, 0.3) is 0 Å². The van der Waals surface area contributed by atoms with Crippen molar-refractivity contribution in [2.45, 2.75) is 25.5 Å². The van der Waals surface area contributed by atoms with Gasteiger partial charge in [0, 0.05) is 19.2 Å². The maximum atomic E-state index is 13.4. The molecule has 0 spiro atoms. The number of benzene rings is 1. The number of halogens is 1. The van der Waals surface area contributed by atoms with Gasteiger partial charge in [-0.2, -0.15) is 0 Å². The van der Waals surface area contributed by atoms with E-state index < -0.39 is 0 Å². The lowest BCUT2D eigenvalue weighted by atomic mass is 10.1. The van der Waals surface area contributed by atoms with E-state index in [1.807, 2.05) is 13.1 Å². The average molecular weight is 239 g/mol. The molecule has 0 saturated carbocycles. The molecule has 1 aliphatic rings. The largest absolute Gasteiger partial charge is 0.488 e. The molecule has 1 fully saturated rings. The van der Waals surface area contributed by atoms with Crippen molar-refractivity contribution < 1.29 is 13.9 Å². The topological polar surface area (TPSA) is 30.5 Å². The Hall–Kier alpha value is -1.13. The normalized spacial score (nSPS) is 20.2. The molecule has 1 aliphatic heterocycles. The predicted octanol–water partition coefficient (Wildman–Crippen LogP) is 2.10. The molecule has 1 unspecified atom stereocenters. The van der Waals surface area contributed by atoms with Gasteiger partial charge in [0.1, 0.15) is 17.7 Å². The number of nitrogens with one attached hydrogen (secondary N) is 1. The predicted molar refractivity (Wildman–Crippen MR) is 63.6 cm³/mol. The molecule has 94 valence electrons. The summed E-state index contributed by atoms with van der Waals surface area (Å²) in [6.07, 6.45) is 2.02. The highest BCUT2D eigenvalue weighted by Gasteiger charge is 2.15. The first-order chi connectivity index (χ1) is 8.28. The summed E-state index contributed by atoms with van der Waals surface area (Å²) < 4.78 is 24.4. The van der Waals surface area contributed by atoms with Crippen LogP contribution in [-0.2, 0) is 11.3 Å². The van der Waals surface area contributed by atoms with Crippen LogP contribution in [0.1, 0.15) is 18.4 Å². The minimum Gasteiger partial charge on any atom is -0.488 e. The monoisotopic (exact) mass is 239 g/mol. The summed E-state index contributed by atoms with van der Waals surface area (Å²) in [4.78, 5) is 0. The van der Waals surface area contributed by atoms with Gasteiger partial charge in [0.15, 0.2) is 0 Å². The highest BCUT2D eigenvalue weighted by atomic mass is 19.1. The van der Waals surface area contributed by atoms with Crippen LogP contribution in [0, 0.1) is 5.82 Å². The van der Waals surface area contributed by atoms with Crippen LogP contribution in [-0.4, -0.2) is 26.4 Å². The van der Waals surface area contributed by atoms with E-state index in [2.05, 4.69) is 5.32 Å². The van der Waals surface area contributed by atoms with Gasteiger partial charge in [-0.15, -0.1) is 0 Å². The molecule has 1 aromatic rings. The Morgan fingerprint density at radius 1 is 1.47 bits per heavy atom. The summed E-state index contributed by atoms with van der Waals surface area (Å²) in [7, 11) is 1.83. The molecule has 1 heterocycles. The highest BCUT2D eigenvalue weighted by Crippen LogP contribution is 2.20. The number of hydrogen-bond donors (Lipinski definition) is 1. The molecule has 0 bridgehead atoms. The van der Waals surface area contributed by atoms with Gasteiger partial charge < -0.3 is 14.8 Å². The summed E-state index contributed by atoms with van der Waals surface area (Å²) in [5.41, 5.74) is 0.888. The van der Waals surface area contributed by atoms with E-state index in [1.165, 1.54) is 12.1 Å². The molecular weight excluding hydrogens is 221 g/mol. The number of rotatable bonds is 4. The van der Waals surface area contributed by atoms with Crippen molar-refractivity contribution in [3.05, 3.63) is 29.6 Å². The van der Waals surface area contributed by atoms with E-state index in [9.17, 15) is 4.39 Å². The van der Waals surface area contributed by atoms with E-state index in [1.54, 1.807) is 0 Å². The van der Waals surface area contributed by atoms with Crippen molar-refractivity contribution in [1.82, 2.24) is 5.32 Å². The molecule has 0 aromatic heterocycles. The second-order valence-electron chi connectivity index (χ2n) is 4.28. The number of ether oxygens (including phenoxy) is 2. The van der Waals surface area contributed by atoms with Crippen LogP contribution in [0.5, 0.6) is 5.75 Å². The third-order valence-electron chi connectivity index (χ3n) is 2.73. The van der Waals surface area contributed by atoms with Crippen LogP contribution in [0.2, 0.25) is 0 Å². The Kier molecular flexibility index (Phi) is 4.34. The van der Waals surface area contributed by atoms with E-state index in [-0.39, 0.29) is 11.9 Å². The van der Waals surface area contributed by atoms with Crippen molar-refractivity contribution in [3.63, 3.8) is 0 Å². The minimum atomic E-state index is -0.260. The third kappa shape index (κ3) is 3.68. The summed E-state index contributed by atoms with van der Waals surface area (Å²) in [5.74, 6) is 0.329. The van der Waals surface area contributed by atoms with Crippen molar-refractivity contribution >= 4 is 0 Å². The Balaban J connectivity index is 2.03. The van der Waals surface area contributed by atoms with Gasteiger partial charge in [0.05, 0.1) is 6.61 Å². The summed E-state index contributed by atoms with van der Waals surface area (Å²) >= 11 is 0. The van der Waals surface area contributed by atoms with E-state index in [4.69, 9.17) is 9.47 Å².